The van der Waals surface area contributed by atoms with Crippen LogP contribution in [0.5, 0.6) is 0 Å². The molecule has 20 heavy (non-hydrogen) atoms. The Kier molecular flexibility index (Phi) is 8.37. The summed E-state index contributed by atoms with van der Waals surface area (Å²) in [7, 11) is -7.33. The first-order chi connectivity index (χ1) is 9.16. The predicted molar refractivity (Wildman–Crippen MR) is 74.3 cm³/mol. The fourth-order valence-corrected chi connectivity index (χ4v) is 5.70. The molecule has 0 rings (SSSR count). The van der Waals surface area contributed by atoms with Crippen molar-refractivity contribution in [2.45, 2.75) is 0 Å². The van der Waals surface area contributed by atoms with Crippen molar-refractivity contribution >= 4 is 28.8 Å². The second-order valence-electron chi connectivity index (χ2n) is 3.27. The number of hydrogen-bond donors (Lipinski definition) is 0. The molecule has 0 aliphatic rings. The second kappa shape index (κ2) is 8.40. The molecule has 110 valence electrons. The summed E-state index contributed by atoms with van der Waals surface area (Å²) < 4.78 is 52.1. The van der Waals surface area contributed by atoms with Crippen molar-refractivity contribution in [3.63, 3.8) is 0 Å². The first-order valence-electron chi connectivity index (χ1n) is 4.99. The zero-order chi connectivity index (χ0) is 16.0. The van der Waals surface area contributed by atoms with Crippen molar-refractivity contribution in [3.8, 4) is 0 Å². The van der Waals surface area contributed by atoms with Gasteiger partial charge in [-0.1, -0.05) is 0 Å². The van der Waals surface area contributed by atoms with Crippen LogP contribution in [0.2, 0.25) is 0 Å². The Balaban J connectivity index is 5.83. The van der Waals surface area contributed by atoms with Crippen molar-refractivity contribution in [1.29, 1.82) is 0 Å². The fraction of sp³-hybridized carbons (Fsp3) is 0.0909. The van der Waals surface area contributed by atoms with Crippen LogP contribution in [0.25, 0.3) is 0 Å². The third-order valence-electron chi connectivity index (χ3n) is 2.07. The standard InChI is InChI=1S/C11H13NO4S2.2W/c1-6-8-10(3)17(13,14)12(5)18(15,16)11(4)9-7-2;;/h1,4,6-9H,2-3H2,5H3;;. The van der Waals surface area contributed by atoms with E-state index in [4.69, 9.17) is 0 Å². The van der Waals surface area contributed by atoms with E-state index in [1.54, 1.807) is 4.40 Å². The third kappa shape index (κ3) is 4.74. The Hall–Kier alpha value is -0.0634. The molecule has 0 atom stereocenters. The summed E-state index contributed by atoms with van der Waals surface area (Å²) in [4.78, 5) is -0.403. The Morgan fingerprint density at radius 2 is 1.70 bits per heavy atom. The van der Waals surface area contributed by atoms with Gasteiger partial charge in [-0.2, -0.15) is 0 Å². The van der Waals surface area contributed by atoms with Crippen LogP contribution in [0.15, 0.2) is 47.3 Å². The maximum absolute atomic E-state index is 12.2. The van der Waals surface area contributed by atoms with Gasteiger partial charge in [0.15, 0.2) is 0 Å². The molecular weight excluding hydrogens is 642 g/mol. The molecule has 0 amide bonds. The maximum atomic E-state index is 12.2. The van der Waals surface area contributed by atoms with Gasteiger partial charge in [-0.05, 0) is 0 Å². The summed E-state index contributed by atoms with van der Waals surface area (Å²) in [6, 6.07) is 0. The van der Waals surface area contributed by atoms with Crippen molar-refractivity contribution in [1.82, 2.24) is 3.71 Å². The van der Waals surface area contributed by atoms with Crippen LogP contribution in [0.4, 0.5) is 0 Å². The number of allylic oxidation sites excluding steroid dienone is 5. The molecule has 0 aliphatic carbocycles. The van der Waals surface area contributed by atoms with Crippen LogP contribution >= 0.6 is 0 Å². The zero-order valence-electron chi connectivity index (χ0n) is 10.6. The van der Waals surface area contributed by atoms with Gasteiger partial charge in [-0.15, -0.1) is 0 Å². The van der Waals surface area contributed by atoms with Crippen LogP contribution in [-0.4, -0.2) is 36.4 Å². The second-order valence-corrected chi connectivity index (χ2v) is 9.32. The van der Waals surface area contributed by atoms with Crippen molar-refractivity contribution in [2.75, 3.05) is 7.05 Å². The third-order valence-corrected chi connectivity index (χ3v) is 8.31. The Morgan fingerprint density at radius 3 is 2.10 bits per heavy atom. The number of rotatable bonds is 8. The van der Waals surface area contributed by atoms with E-state index in [0.29, 0.717) is 3.71 Å². The summed E-state index contributed by atoms with van der Waals surface area (Å²) in [5.41, 5.74) is 0. The monoisotopic (exact) mass is 655 g/mol. The van der Waals surface area contributed by atoms with Gasteiger partial charge in [0.25, 0.3) is 0 Å². The molecular formula is C11H13NO4S2W2. The van der Waals surface area contributed by atoms with E-state index >= 15 is 0 Å². The number of nitrogens with zero attached hydrogens (tertiary/aromatic N) is 1. The van der Waals surface area contributed by atoms with E-state index in [1.807, 2.05) is 0 Å². The molecule has 0 saturated heterocycles. The molecule has 0 fully saturated rings. The van der Waals surface area contributed by atoms with Crippen molar-refractivity contribution in [2.24, 2.45) is 0 Å². The van der Waals surface area contributed by atoms with Gasteiger partial charge >= 0.3 is 142 Å². The Labute approximate surface area is 141 Å². The van der Waals surface area contributed by atoms with E-state index < -0.39 is 20.0 Å². The van der Waals surface area contributed by atoms with Gasteiger partial charge in [0.2, 0.25) is 0 Å². The normalized spacial score (nSPS) is 13.4. The van der Waals surface area contributed by atoms with E-state index in [1.165, 1.54) is 28.7 Å². The van der Waals surface area contributed by atoms with Gasteiger partial charge in [0.1, 0.15) is 0 Å². The molecule has 9 heteroatoms. The predicted octanol–water partition coefficient (Wildman–Crippen LogP) is 0.416. The summed E-state index contributed by atoms with van der Waals surface area (Å²) in [6.45, 7) is 6.80. The minimum atomic E-state index is -4.17. The molecule has 0 unspecified atom stereocenters. The van der Waals surface area contributed by atoms with Crippen molar-refractivity contribution < 1.29 is 55.5 Å². The molecule has 0 aromatic heterocycles. The molecule has 0 bridgehead atoms. The average molecular weight is 655 g/mol. The number of hydrogen-bond acceptors (Lipinski definition) is 4. The molecule has 0 saturated carbocycles. The van der Waals surface area contributed by atoms with Gasteiger partial charge in [0, 0.05) is 0 Å². The van der Waals surface area contributed by atoms with Gasteiger partial charge in [-0.3, -0.25) is 0 Å². The van der Waals surface area contributed by atoms with Gasteiger partial charge in [0.05, 0.1) is 0 Å². The van der Waals surface area contributed by atoms with Crippen LogP contribution in [-0.2, 0) is 58.8 Å². The van der Waals surface area contributed by atoms with E-state index in [-0.39, 0.29) is 9.81 Å². The minimum absolute atomic E-state index is 0.114. The summed E-state index contributed by atoms with van der Waals surface area (Å²) in [5, 5.41) is 0. The Bertz CT molecular complexity index is 688. The number of sulfonamides is 2. The Morgan fingerprint density at radius 1 is 1.15 bits per heavy atom. The average Bonchev–Trinajstić information content (AvgIpc) is 2.40. The molecule has 0 N–H and O–H groups in total. The quantitative estimate of drug-likeness (QED) is 0.356. The van der Waals surface area contributed by atoms with Gasteiger partial charge < -0.3 is 0 Å². The first kappa shape index (κ1) is 19.9. The molecule has 0 spiro atoms. The van der Waals surface area contributed by atoms with Gasteiger partial charge in [-0.25, -0.2) is 0 Å². The van der Waals surface area contributed by atoms with Crippen LogP contribution < -0.4 is 0 Å². The SMILES string of the molecule is C=CC=C([CH]=[W])S(=O)(=O)N(C)S(=O)(=O)C(=C)C=C[CH]=[W]. The van der Waals surface area contributed by atoms with Crippen LogP contribution in [0, 0.1) is 0 Å². The molecule has 0 aromatic carbocycles. The van der Waals surface area contributed by atoms with Crippen LogP contribution in [0.3, 0.4) is 0 Å². The zero-order valence-corrected chi connectivity index (χ0v) is 18.1. The molecule has 0 heterocycles. The molecule has 0 aliphatic heterocycles. The van der Waals surface area contributed by atoms with E-state index in [9.17, 15) is 16.8 Å². The summed E-state index contributed by atoms with van der Waals surface area (Å²) in [5.74, 6) is 0. The first-order valence-corrected chi connectivity index (χ1v) is 11.3. The summed E-state index contributed by atoms with van der Waals surface area (Å²) >= 11 is 2.02. The molecule has 0 aromatic rings. The van der Waals surface area contributed by atoms with E-state index in [2.05, 4.69) is 13.2 Å². The molecule has 0 radical (unpaired) electrons. The van der Waals surface area contributed by atoms with Crippen molar-refractivity contribution in [3.05, 3.63) is 47.3 Å². The van der Waals surface area contributed by atoms with Crippen LogP contribution in [0.1, 0.15) is 0 Å². The fourth-order valence-electron chi connectivity index (χ4n) is 0.978. The topological polar surface area (TPSA) is 71.5 Å². The van der Waals surface area contributed by atoms with E-state index in [0.717, 1.165) is 45.8 Å². The molecule has 5 nitrogen and oxygen atoms in total. The summed E-state index contributed by atoms with van der Waals surface area (Å²) in [6.07, 6.45) is 5.30.